The molecular weight excluding hydrogens is 376 g/mol. The second kappa shape index (κ2) is 12.4. The fourth-order valence-corrected chi connectivity index (χ4v) is 4.56. The van der Waals surface area contributed by atoms with Gasteiger partial charge in [-0.3, -0.25) is 0 Å². The lowest BCUT2D eigenvalue weighted by atomic mass is 9.88. The third-order valence-electron chi connectivity index (χ3n) is 6.19. The van der Waals surface area contributed by atoms with Crippen molar-refractivity contribution in [2.24, 2.45) is 5.92 Å². The number of allylic oxidation sites excluding steroid dienone is 1. The molecule has 2 heteroatoms. The Balaban J connectivity index is 0.000000363. The summed E-state index contributed by atoms with van der Waals surface area (Å²) in [5, 5.41) is 12.8. The third-order valence-corrected chi connectivity index (χ3v) is 6.19. The van der Waals surface area contributed by atoms with Crippen LogP contribution in [0.25, 0.3) is 5.57 Å². The highest BCUT2D eigenvalue weighted by Crippen LogP contribution is 2.35. The highest BCUT2D eigenvalue weighted by atomic mass is 14.9. The maximum absolute atomic E-state index is 9.39. The second-order valence-corrected chi connectivity index (χ2v) is 8.52. The Morgan fingerprint density at radius 3 is 2.39 bits per heavy atom. The normalized spacial score (nSPS) is 15.1. The van der Waals surface area contributed by atoms with E-state index in [9.17, 15) is 5.26 Å². The molecule has 0 unspecified atom stereocenters. The van der Waals surface area contributed by atoms with E-state index < -0.39 is 0 Å². The molecule has 1 aliphatic heterocycles. The molecule has 0 radical (unpaired) electrons. The molecule has 1 heterocycles. The minimum atomic E-state index is 0.762. The lowest BCUT2D eigenvalue weighted by Crippen LogP contribution is -1.98. The summed E-state index contributed by atoms with van der Waals surface area (Å²) in [6.07, 6.45) is 10.3. The Kier molecular flexibility index (Phi) is 9.86. The van der Waals surface area contributed by atoms with Crippen molar-refractivity contribution in [1.82, 2.24) is 0 Å². The standard InChI is InChI=1S/C21H22N2.C6H12.C2H6/c1-4-6-17(18-7-5-8-21-19(18)9-10-23-21)20-12-16(13-22)14(2)11-15(20)3;1-6-4-2-3-5-6;1-2/h5-8,11-12,23H,4,9-10H2,1-3H3;6H,2-5H2,1H3;1-2H3/b17-6-;;. The fraction of sp³-hybridized carbons (Fsp3) is 0.483. The lowest BCUT2D eigenvalue weighted by molar-refractivity contribution is 0.612. The van der Waals surface area contributed by atoms with Crippen LogP contribution in [0.4, 0.5) is 5.69 Å². The Bertz CT molecular complexity index is 924. The maximum Gasteiger partial charge on any atom is 0.0994 e. The van der Waals surface area contributed by atoms with Crippen molar-refractivity contribution in [2.75, 3.05) is 11.9 Å². The molecule has 0 atom stereocenters. The Labute approximate surface area is 190 Å². The summed E-state index contributed by atoms with van der Waals surface area (Å²) in [7, 11) is 0. The monoisotopic (exact) mass is 416 g/mol. The predicted molar refractivity (Wildman–Crippen MR) is 136 cm³/mol. The van der Waals surface area contributed by atoms with Gasteiger partial charge in [-0.25, -0.2) is 0 Å². The van der Waals surface area contributed by atoms with Crippen LogP contribution in [0, 0.1) is 31.1 Å². The summed E-state index contributed by atoms with van der Waals surface area (Å²) in [5.41, 5.74) is 9.40. The largest absolute Gasteiger partial charge is 0.384 e. The molecule has 1 N–H and O–H groups in total. The zero-order valence-electron chi connectivity index (χ0n) is 20.4. The average molecular weight is 417 g/mol. The van der Waals surface area contributed by atoms with Gasteiger partial charge in [0, 0.05) is 12.2 Å². The summed E-state index contributed by atoms with van der Waals surface area (Å²) >= 11 is 0. The molecule has 2 aliphatic rings. The molecule has 1 aliphatic carbocycles. The van der Waals surface area contributed by atoms with E-state index in [0.717, 1.165) is 36.4 Å². The minimum Gasteiger partial charge on any atom is -0.384 e. The zero-order chi connectivity index (χ0) is 22.8. The summed E-state index contributed by atoms with van der Waals surface area (Å²) in [5.74, 6) is 1.05. The van der Waals surface area contributed by atoms with Gasteiger partial charge in [0.15, 0.2) is 0 Å². The van der Waals surface area contributed by atoms with E-state index >= 15 is 0 Å². The van der Waals surface area contributed by atoms with E-state index in [1.165, 1.54) is 59.2 Å². The molecule has 0 bridgehead atoms. The highest BCUT2D eigenvalue weighted by molar-refractivity contribution is 5.86. The van der Waals surface area contributed by atoms with Crippen molar-refractivity contribution in [2.45, 2.75) is 80.1 Å². The molecular formula is C29H40N2. The first kappa shape index (κ1) is 24.7. The Morgan fingerprint density at radius 1 is 1.10 bits per heavy atom. The van der Waals surface area contributed by atoms with Crippen molar-refractivity contribution < 1.29 is 0 Å². The van der Waals surface area contributed by atoms with Gasteiger partial charge < -0.3 is 5.32 Å². The van der Waals surface area contributed by atoms with Crippen LogP contribution in [-0.2, 0) is 6.42 Å². The number of rotatable bonds is 3. The van der Waals surface area contributed by atoms with Gasteiger partial charge in [-0.05, 0) is 78.1 Å². The molecule has 31 heavy (non-hydrogen) atoms. The number of benzene rings is 2. The number of nitrogens with zero attached hydrogens (tertiary/aromatic N) is 1. The summed E-state index contributed by atoms with van der Waals surface area (Å²) in [6, 6.07) is 13.0. The SMILES string of the molecule is CC.CC/C=C(\c1cc(C#N)c(C)cc1C)c1cccc2c1CCN2.CC1CCCC1. The summed E-state index contributed by atoms with van der Waals surface area (Å²) in [4.78, 5) is 0. The summed E-state index contributed by atoms with van der Waals surface area (Å²) < 4.78 is 0. The number of nitriles is 1. The number of fused-ring (bicyclic) bond motifs is 1. The quantitative estimate of drug-likeness (QED) is 0.547. The molecule has 2 aromatic rings. The van der Waals surface area contributed by atoms with E-state index in [0.29, 0.717) is 0 Å². The van der Waals surface area contributed by atoms with Crippen LogP contribution in [-0.4, -0.2) is 6.54 Å². The topological polar surface area (TPSA) is 35.8 Å². The van der Waals surface area contributed by atoms with Gasteiger partial charge in [-0.15, -0.1) is 0 Å². The van der Waals surface area contributed by atoms with Crippen LogP contribution in [0.1, 0.15) is 93.2 Å². The van der Waals surface area contributed by atoms with Gasteiger partial charge in [0.2, 0.25) is 0 Å². The van der Waals surface area contributed by atoms with Crippen molar-refractivity contribution in [3.63, 3.8) is 0 Å². The molecule has 0 amide bonds. The zero-order valence-corrected chi connectivity index (χ0v) is 20.4. The first-order valence-corrected chi connectivity index (χ1v) is 12.1. The Morgan fingerprint density at radius 2 is 1.81 bits per heavy atom. The van der Waals surface area contributed by atoms with Crippen LogP contribution in [0.5, 0.6) is 0 Å². The van der Waals surface area contributed by atoms with Crippen molar-refractivity contribution in [3.8, 4) is 6.07 Å². The van der Waals surface area contributed by atoms with Gasteiger partial charge in [-0.1, -0.05) is 77.7 Å². The average Bonchev–Trinajstić information content (AvgIpc) is 3.46. The van der Waals surface area contributed by atoms with Crippen molar-refractivity contribution >= 4 is 11.3 Å². The molecule has 1 saturated carbocycles. The first-order chi connectivity index (χ1) is 15.0. The smallest absolute Gasteiger partial charge is 0.0994 e. The molecule has 1 fully saturated rings. The van der Waals surface area contributed by atoms with E-state index in [1.807, 2.05) is 26.8 Å². The minimum absolute atomic E-state index is 0.762. The number of hydrogen-bond acceptors (Lipinski definition) is 2. The van der Waals surface area contributed by atoms with Gasteiger partial charge in [0.1, 0.15) is 0 Å². The molecule has 166 valence electrons. The molecule has 0 spiro atoms. The fourth-order valence-electron chi connectivity index (χ4n) is 4.56. The molecule has 4 rings (SSSR count). The van der Waals surface area contributed by atoms with Gasteiger partial charge in [0.05, 0.1) is 11.6 Å². The van der Waals surface area contributed by atoms with Crippen molar-refractivity contribution in [1.29, 1.82) is 5.26 Å². The second-order valence-electron chi connectivity index (χ2n) is 8.52. The number of aryl methyl sites for hydroxylation is 2. The van der Waals surface area contributed by atoms with Crippen LogP contribution >= 0.6 is 0 Å². The van der Waals surface area contributed by atoms with Crippen molar-refractivity contribution in [3.05, 3.63) is 69.8 Å². The van der Waals surface area contributed by atoms with E-state index in [2.05, 4.69) is 62.5 Å². The predicted octanol–water partition coefficient (Wildman–Crippen LogP) is 8.21. The molecule has 2 nitrogen and oxygen atoms in total. The third kappa shape index (κ3) is 6.23. The number of anilines is 1. The first-order valence-electron chi connectivity index (χ1n) is 12.1. The molecule has 0 saturated heterocycles. The molecule has 0 aromatic heterocycles. The Hall–Kier alpha value is -2.53. The van der Waals surface area contributed by atoms with E-state index in [1.54, 1.807) is 0 Å². The molecule has 2 aromatic carbocycles. The van der Waals surface area contributed by atoms with E-state index in [-0.39, 0.29) is 0 Å². The number of hydrogen-bond donors (Lipinski definition) is 1. The number of nitrogens with one attached hydrogen (secondary N) is 1. The van der Waals surface area contributed by atoms with Gasteiger partial charge >= 0.3 is 0 Å². The van der Waals surface area contributed by atoms with Crippen LogP contribution in [0.15, 0.2) is 36.4 Å². The maximum atomic E-state index is 9.39. The highest BCUT2D eigenvalue weighted by Gasteiger charge is 2.18. The summed E-state index contributed by atoms with van der Waals surface area (Å²) in [6.45, 7) is 13.6. The lowest BCUT2D eigenvalue weighted by Gasteiger charge is -2.16. The van der Waals surface area contributed by atoms with Gasteiger partial charge in [0.25, 0.3) is 0 Å². The van der Waals surface area contributed by atoms with Crippen LogP contribution in [0.3, 0.4) is 0 Å². The van der Waals surface area contributed by atoms with Crippen LogP contribution in [0.2, 0.25) is 0 Å². The van der Waals surface area contributed by atoms with Crippen LogP contribution < -0.4 is 5.32 Å². The van der Waals surface area contributed by atoms with Gasteiger partial charge in [-0.2, -0.15) is 5.26 Å². The van der Waals surface area contributed by atoms with E-state index in [4.69, 9.17) is 0 Å².